The first-order valence-electron chi connectivity index (χ1n) is 7.88. The van der Waals surface area contributed by atoms with Gasteiger partial charge >= 0.3 is 0 Å². The second-order valence-electron chi connectivity index (χ2n) is 5.58. The Bertz CT molecular complexity index is 377. The number of nitrogens with one attached hydrogen (secondary N) is 1. The van der Waals surface area contributed by atoms with E-state index in [1.165, 1.54) is 25.7 Å². The molecule has 0 aliphatic heterocycles. The molecular formula is C17H27NO2. The summed E-state index contributed by atoms with van der Waals surface area (Å²) < 4.78 is 11.2. The molecule has 0 spiro atoms. The van der Waals surface area contributed by atoms with Gasteiger partial charge in [0.2, 0.25) is 0 Å². The van der Waals surface area contributed by atoms with Crippen molar-refractivity contribution in [3.63, 3.8) is 0 Å². The van der Waals surface area contributed by atoms with Crippen LogP contribution in [0, 0.1) is 5.92 Å². The van der Waals surface area contributed by atoms with Crippen molar-refractivity contribution >= 4 is 0 Å². The van der Waals surface area contributed by atoms with Crippen molar-refractivity contribution in [3.8, 4) is 11.5 Å². The first-order valence-corrected chi connectivity index (χ1v) is 7.88. The van der Waals surface area contributed by atoms with Gasteiger partial charge in [0, 0.05) is 12.6 Å². The molecule has 1 fully saturated rings. The van der Waals surface area contributed by atoms with Crippen LogP contribution in [-0.4, -0.2) is 25.8 Å². The number of benzene rings is 1. The van der Waals surface area contributed by atoms with Crippen LogP contribution in [0.4, 0.5) is 0 Å². The van der Waals surface area contributed by atoms with Gasteiger partial charge in [-0.05, 0) is 49.9 Å². The van der Waals surface area contributed by atoms with Crippen LogP contribution in [0.25, 0.3) is 0 Å². The van der Waals surface area contributed by atoms with Gasteiger partial charge in [-0.3, -0.25) is 0 Å². The second-order valence-corrected chi connectivity index (χ2v) is 5.58. The Kier molecular flexibility index (Phi) is 6.19. The Morgan fingerprint density at radius 1 is 1.05 bits per heavy atom. The third kappa shape index (κ3) is 4.71. The summed E-state index contributed by atoms with van der Waals surface area (Å²) in [6.45, 7) is 6.68. The minimum absolute atomic E-state index is 0.674. The fourth-order valence-corrected chi connectivity index (χ4v) is 2.83. The van der Waals surface area contributed by atoms with Crippen molar-refractivity contribution < 1.29 is 9.47 Å². The highest BCUT2D eigenvalue weighted by molar-refractivity contribution is 5.31. The molecule has 1 aromatic carbocycles. The average molecular weight is 277 g/mol. The zero-order valence-corrected chi connectivity index (χ0v) is 12.7. The Morgan fingerprint density at radius 2 is 1.70 bits per heavy atom. The lowest BCUT2D eigenvalue weighted by atomic mass is 9.86. The second kappa shape index (κ2) is 8.15. The van der Waals surface area contributed by atoms with E-state index in [1.54, 1.807) is 0 Å². The van der Waals surface area contributed by atoms with E-state index in [2.05, 4.69) is 12.2 Å². The third-order valence-corrected chi connectivity index (χ3v) is 4.02. The van der Waals surface area contributed by atoms with Crippen LogP contribution in [0.15, 0.2) is 24.3 Å². The summed E-state index contributed by atoms with van der Waals surface area (Å²) in [7, 11) is 0. The van der Waals surface area contributed by atoms with Crippen LogP contribution in [0.5, 0.6) is 11.5 Å². The predicted molar refractivity (Wildman–Crippen MR) is 82.5 cm³/mol. The molecule has 20 heavy (non-hydrogen) atoms. The smallest absolute Gasteiger partial charge is 0.119 e. The van der Waals surface area contributed by atoms with E-state index in [0.717, 1.165) is 30.6 Å². The quantitative estimate of drug-likeness (QED) is 0.772. The van der Waals surface area contributed by atoms with E-state index >= 15 is 0 Å². The van der Waals surface area contributed by atoms with Gasteiger partial charge in [-0.15, -0.1) is 0 Å². The minimum Gasteiger partial charge on any atom is -0.494 e. The van der Waals surface area contributed by atoms with E-state index in [-0.39, 0.29) is 0 Å². The molecule has 2 rings (SSSR count). The van der Waals surface area contributed by atoms with Crippen LogP contribution < -0.4 is 14.8 Å². The predicted octanol–water partition coefficient (Wildman–Crippen LogP) is 3.63. The van der Waals surface area contributed by atoms with Crippen LogP contribution in [0.3, 0.4) is 0 Å². The summed E-state index contributed by atoms with van der Waals surface area (Å²) >= 11 is 0. The topological polar surface area (TPSA) is 30.5 Å². The summed E-state index contributed by atoms with van der Waals surface area (Å²) in [4.78, 5) is 0. The molecule has 0 heterocycles. The first kappa shape index (κ1) is 15.2. The lowest BCUT2D eigenvalue weighted by Crippen LogP contribution is -2.39. The Hall–Kier alpha value is -1.22. The lowest BCUT2D eigenvalue weighted by molar-refractivity contribution is 0.251. The monoisotopic (exact) mass is 277 g/mol. The summed E-state index contributed by atoms with van der Waals surface area (Å²) in [6.07, 6.45) is 5.42. The maximum atomic E-state index is 5.75. The van der Waals surface area contributed by atoms with Crippen molar-refractivity contribution in [3.05, 3.63) is 24.3 Å². The summed E-state index contributed by atoms with van der Waals surface area (Å²) in [5.41, 5.74) is 0. The summed E-state index contributed by atoms with van der Waals surface area (Å²) in [5.74, 6) is 2.61. The molecule has 1 aromatic rings. The molecule has 0 amide bonds. The van der Waals surface area contributed by atoms with E-state index < -0.39 is 0 Å². The molecule has 2 atom stereocenters. The third-order valence-electron chi connectivity index (χ3n) is 4.02. The Labute approximate surface area is 122 Å². The molecule has 3 nitrogen and oxygen atoms in total. The van der Waals surface area contributed by atoms with E-state index in [0.29, 0.717) is 12.6 Å². The van der Waals surface area contributed by atoms with Gasteiger partial charge in [-0.2, -0.15) is 0 Å². The fraction of sp³-hybridized carbons (Fsp3) is 0.647. The van der Waals surface area contributed by atoms with E-state index in [1.807, 2.05) is 31.2 Å². The van der Waals surface area contributed by atoms with Crippen LogP contribution in [-0.2, 0) is 0 Å². The van der Waals surface area contributed by atoms with Gasteiger partial charge in [0.1, 0.15) is 18.1 Å². The highest BCUT2D eigenvalue weighted by atomic mass is 16.5. The molecule has 1 aliphatic rings. The molecule has 2 unspecified atom stereocenters. The molecule has 1 N–H and O–H groups in total. The van der Waals surface area contributed by atoms with Gasteiger partial charge in [-0.1, -0.05) is 19.8 Å². The van der Waals surface area contributed by atoms with Gasteiger partial charge in [-0.25, -0.2) is 0 Å². The minimum atomic E-state index is 0.674. The number of hydrogen-bond acceptors (Lipinski definition) is 3. The Balaban J connectivity index is 1.65. The van der Waals surface area contributed by atoms with Crippen LogP contribution in [0.2, 0.25) is 0 Å². The molecule has 1 saturated carbocycles. The van der Waals surface area contributed by atoms with Gasteiger partial charge < -0.3 is 14.8 Å². The highest BCUT2D eigenvalue weighted by Crippen LogP contribution is 2.23. The van der Waals surface area contributed by atoms with E-state index in [4.69, 9.17) is 9.47 Å². The van der Waals surface area contributed by atoms with Crippen molar-refractivity contribution in [2.45, 2.75) is 45.6 Å². The Morgan fingerprint density at radius 3 is 2.35 bits per heavy atom. The molecule has 0 saturated heterocycles. The SMILES string of the molecule is CCOc1ccc(OCCNC2CCCCC2C)cc1. The summed E-state index contributed by atoms with van der Waals surface area (Å²) in [5, 5.41) is 3.62. The maximum absolute atomic E-state index is 5.75. The molecule has 0 bridgehead atoms. The van der Waals surface area contributed by atoms with Crippen LogP contribution >= 0.6 is 0 Å². The highest BCUT2D eigenvalue weighted by Gasteiger charge is 2.20. The van der Waals surface area contributed by atoms with Crippen molar-refractivity contribution in [1.82, 2.24) is 5.32 Å². The average Bonchev–Trinajstić information content (AvgIpc) is 2.47. The van der Waals surface area contributed by atoms with Crippen molar-refractivity contribution in [2.75, 3.05) is 19.8 Å². The molecule has 3 heteroatoms. The fourth-order valence-electron chi connectivity index (χ4n) is 2.83. The number of ether oxygens (including phenoxy) is 2. The normalized spacial score (nSPS) is 22.5. The zero-order chi connectivity index (χ0) is 14.2. The molecule has 112 valence electrons. The van der Waals surface area contributed by atoms with Gasteiger partial charge in [0.15, 0.2) is 0 Å². The first-order chi connectivity index (χ1) is 9.79. The zero-order valence-electron chi connectivity index (χ0n) is 12.7. The number of rotatable bonds is 7. The largest absolute Gasteiger partial charge is 0.494 e. The molecule has 0 aromatic heterocycles. The maximum Gasteiger partial charge on any atom is 0.119 e. The van der Waals surface area contributed by atoms with E-state index in [9.17, 15) is 0 Å². The van der Waals surface area contributed by atoms with Crippen molar-refractivity contribution in [2.24, 2.45) is 5.92 Å². The molecular weight excluding hydrogens is 250 g/mol. The molecule has 0 radical (unpaired) electrons. The summed E-state index contributed by atoms with van der Waals surface area (Å²) in [6, 6.07) is 8.51. The lowest BCUT2D eigenvalue weighted by Gasteiger charge is -2.29. The van der Waals surface area contributed by atoms with Crippen LogP contribution in [0.1, 0.15) is 39.5 Å². The van der Waals surface area contributed by atoms with Gasteiger partial charge in [0.25, 0.3) is 0 Å². The standard InChI is InChI=1S/C17H27NO2/c1-3-19-15-8-10-16(11-9-15)20-13-12-18-17-7-5-4-6-14(17)2/h8-11,14,17-18H,3-7,12-13H2,1-2H3. The van der Waals surface area contributed by atoms with Crippen molar-refractivity contribution in [1.29, 1.82) is 0 Å². The number of hydrogen-bond donors (Lipinski definition) is 1. The molecule has 1 aliphatic carbocycles. The van der Waals surface area contributed by atoms with Gasteiger partial charge in [0.05, 0.1) is 6.61 Å².